The minimum Gasteiger partial charge on any atom is -0.309 e. The lowest BCUT2D eigenvalue weighted by Crippen LogP contribution is -2.32. The van der Waals surface area contributed by atoms with Crippen molar-refractivity contribution in [1.29, 1.82) is 0 Å². The topological polar surface area (TPSA) is 79.6 Å². The molecular formula is C17H17ClN4O3S2. The maximum Gasteiger partial charge on any atom is 0.324 e. The molecule has 0 N–H and O–H groups in total. The lowest BCUT2D eigenvalue weighted by Gasteiger charge is -2.20. The van der Waals surface area contributed by atoms with E-state index in [1.165, 1.54) is 23.5 Å². The summed E-state index contributed by atoms with van der Waals surface area (Å²) in [6.45, 7) is 1.28. The van der Waals surface area contributed by atoms with Gasteiger partial charge in [0.2, 0.25) is 0 Å². The minimum atomic E-state index is -0.489. The van der Waals surface area contributed by atoms with E-state index >= 15 is 0 Å². The Hall–Kier alpha value is -2.07. The van der Waals surface area contributed by atoms with Crippen molar-refractivity contribution < 1.29 is 9.72 Å². The van der Waals surface area contributed by atoms with Gasteiger partial charge in [0.05, 0.1) is 20.0 Å². The van der Waals surface area contributed by atoms with Crippen molar-refractivity contribution in [1.82, 2.24) is 9.88 Å². The van der Waals surface area contributed by atoms with Gasteiger partial charge in [0.15, 0.2) is 5.13 Å². The van der Waals surface area contributed by atoms with Crippen molar-refractivity contribution in [2.45, 2.75) is 6.42 Å². The van der Waals surface area contributed by atoms with E-state index in [0.717, 1.165) is 34.5 Å². The van der Waals surface area contributed by atoms with Gasteiger partial charge in [-0.3, -0.25) is 19.8 Å². The zero-order valence-corrected chi connectivity index (χ0v) is 17.1. The van der Waals surface area contributed by atoms with Gasteiger partial charge >= 0.3 is 5.00 Å². The van der Waals surface area contributed by atoms with Gasteiger partial charge in [-0.2, -0.15) is 0 Å². The van der Waals surface area contributed by atoms with Crippen LogP contribution in [0.1, 0.15) is 16.1 Å². The summed E-state index contributed by atoms with van der Waals surface area (Å²) < 4.78 is 0.889. The summed E-state index contributed by atoms with van der Waals surface area (Å²) in [5.41, 5.74) is 0.766. The Balaban J connectivity index is 1.93. The number of aromatic nitrogens is 1. The Morgan fingerprint density at radius 2 is 2.00 bits per heavy atom. The highest BCUT2D eigenvalue weighted by atomic mass is 35.5. The Morgan fingerprint density at radius 1 is 1.22 bits per heavy atom. The first-order valence-corrected chi connectivity index (χ1v) is 10.1. The number of carbonyl (C=O) groups is 1. The SMILES string of the molecule is CN(C)CCCN(C(=O)c1ccc([N+](=O)[O-])s1)c1nc2ccc(Cl)cc2s1. The highest BCUT2D eigenvalue weighted by molar-refractivity contribution is 7.22. The molecule has 142 valence electrons. The number of hydrogen-bond acceptors (Lipinski definition) is 7. The average molecular weight is 425 g/mol. The number of thiazole rings is 1. The summed E-state index contributed by atoms with van der Waals surface area (Å²) in [7, 11) is 3.93. The molecule has 0 unspecified atom stereocenters. The van der Waals surface area contributed by atoms with Crippen molar-refractivity contribution in [2.24, 2.45) is 0 Å². The first-order valence-electron chi connectivity index (χ1n) is 8.12. The zero-order chi connectivity index (χ0) is 19.6. The van der Waals surface area contributed by atoms with E-state index in [2.05, 4.69) is 4.98 Å². The second kappa shape index (κ2) is 8.30. The summed E-state index contributed by atoms with van der Waals surface area (Å²) in [6, 6.07) is 8.24. The van der Waals surface area contributed by atoms with Crippen molar-refractivity contribution in [3.63, 3.8) is 0 Å². The molecule has 0 bridgehead atoms. The quantitative estimate of drug-likeness (QED) is 0.411. The third kappa shape index (κ3) is 4.62. The maximum absolute atomic E-state index is 13.0. The Labute approximate surface area is 168 Å². The summed E-state index contributed by atoms with van der Waals surface area (Å²) in [5.74, 6) is -0.281. The number of halogens is 1. The van der Waals surface area contributed by atoms with Crippen LogP contribution in [0, 0.1) is 10.1 Å². The molecule has 0 spiro atoms. The monoisotopic (exact) mass is 424 g/mol. The molecule has 27 heavy (non-hydrogen) atoms. The van der Waals surface area contributed by atoms with Crippen molar-refractivity contribution in [3.8, 4) is 0 Å². The van der Waals surface area contributed by atoms with E-state index < -0.39 is 4.92 Å². The van der Waals surface area contributed by atoms with Crippen molar-refractivity contribution in [3.05, 3.63) is 50.3 Å². The first kappa shape index (κ1) is 19.7. The Morgan fingerprint density at radius 3 is 2.67 bits per heavy atom. The van der Waals surface area contributed by atoms with Gasteiger partial charge in [-0.05, 0) is 51.3 Å². The molecule has 0 atom stereocenters. The summed E-state index contributed by atoms with van der Waals surface area (Å²) >= 11 is 8.30. The second-order valence-corrected chi connectivity index (χ2v) is 8.62. The molecule has 0 saturated carbocycles. The fourth-order valence-corrected chi connectivity index (χ4v) is 4.54. The largest absolute Gasteiger partial charge is 0.324 e. The van der Waals surface area contributed by atoms with Crippen LogP contribution in [-0.2, 0) is 0 Å². The summed E-state index contributed by atoms with van der Waals surface area (Å²) in [6.07, 6.45) is 0.753. The third-order valence-corrected chi connectivity index (χ3v) is 6.09. The van der Waals surface area contributed by atoms with Crippen LogP contribution in [0.2, 0.25) is 5.02 Å². The van der Waals surface area contributed by atoms with E-state index in [9.17, 15) is 14.9 Å². The number of rotatable bonds is 7. The van der Waals surface area contributed by atoms with Gasteiger partial charge in [-0.1, -0.05) is 34.3 Å². The smallest absolute Gasteiger partial charge is 0.309 e. The van der Waals surface area contributed by atoms with Crippen LogP contribution in [0.4, 0.5) is 10.1 Å². The molecule has 0 aliphatic carbocycles. The number of carbonyl (C=O) groups excluding carboxylic acids is 1. The van der Waals surface area contributed by atoms with E-state index in [1.54, 1.807) is 11.0 Å². The highest BCUT2D eigenvalue weighted by Crippen LogP contribution is 2.33. The van der Waals surface area contributed by atoms with Crippen LogP contribution in [0.15, 0.2) is 30.3 Å². The fraction of sp³-hybridized carbons (Fsp3) is 0.294. The fourth-order valence-electron chi connectivity index (χ4n) is 2.50. The summed E-state index contributed by atoms with van der Waals surface area (Å²) in [5, 5.41) is 12.1. The highest BCUT2D eigenvalue weighted by Gasteiger charge is 2.24. The van der Waals surface area contributed by atoms with Gasteiger partial charge in [0, 0.05) is 17.6 Å². The number of amides is 1. The summed E-state index contributed by atoms with van der Waals surface area (Å²) in [4.78, 5) is 32.0. The van der Waals surface area contributed by atoms with Crippen molar-refractivity contribution >= 4 is 60.5 Å². The van der Waals surface area contributed by atoms with Crippen LogP contribution in [0.25, 0.3) is 10.2 Å². The van der Waals surface area contributed by atoms with E-state index in [-0.39, 0.29) is 10.9 Å². The Bertz CT molecular complexity index is 986. The molecule has 2 heterocycles. The van der Waals surface area contributed by atoms with Crippen LogP contribution >= 0.6 is 34.3 Å². The normalized spacial score (nSPS) is 11.3. The molecule has 3 aromatic rings. The van der Waals surface area contributed by atoms with Gasteiger partial charge in [0.25, 0.3) is 5.91 Å². The molecule has 0 saturated heterocycles. The van der Waals surface area contributed by atoms with Crippen LogP contribution < -0.4 is 4.90 Å². The van der Waals surface area contributed by atoms with Gasteiger partial charge in [0.1, 0.15) is 0 Å². The molecular weight excluding hydrogens is 408 g/mol. The molecule has 3 rings (SSSR count). The predicted octanol–water partition coefficient (Wildman–Crippen LogP) is 4.52. The number of nitrogens with zero attached hydrogens (tertiary/aromatic N) is 4. The molecule has 2 aromatic heterocycles. The minimum absolute atomic E-state index is 0.0531. The lowest BCUT2D eigenvalue weighted by atomic mass is 10.3. The third-order valence-electron chi connectivity index (χ3n) is 3.78. The van der Waals surface area contributed by atoms with Gasteiger partial charge < -0.3 is 4.90 Å². The number of benzene rings is 1. The zero-order valence-electron chi connectivity index (χ0n) is 14.7. The number of nitro groups is 1. The molecule has 1 aromatic carbocycles. The van der Waals surface area contributed by atoms with E-state index in [1.807, 2.05) is 31.1 Å². The number of anilines is 1. The molecule has 10 heteroatoms. The second-order valence-electron chi connectivity index (χ2n) is 6.12. The van der Waals surface area contributed by atoms with E-state index in [0.29, 0.717) is 21.6 Å². The van der Waals surface area contributed by atoms with Crippen LogP contribution in [0.3, 0.4) is 0 Å². The van der Waals surface area contributed by atoms with Crippen LogP contribution in [0.5, 0.6) is 0 Å². The standard InChI is InChI=1S/C17H17ClN4O3S2/c1-20(2)8-3-9-21(16(23)13-6-7-15(26-13)22(24)25)17-19-12-5-4-11(18)10-14(12)27-17/h4-7,10H,3,8-9H2,1-2H3. The van der Waals surface area contributed by atoms with Crippen molar-refractivity contribution in [2.75, 3.05) is 32.1 Å². The predicted molar refractivity (Wildman–Crippen MR) is 110 cm³/mol. The number of hydrogen-bond donors (Lipinski definition) is 0. The number of thiophene rings is 1. The average Bonchev–Trinajstić information content (AvgIpc) is 3.24. The molecule has 7 nitrogen and oxygen atoms in total. The van der Waals surface area contributed by atoms with Gasteiger partial charge in [-0.25, -0.2) is 4.98 Å². The lowest BCUT2D eigenvalue weighted by molar-refractivity contribution is -0.380. The number of fused-ring (bicyclic) bond motifs is 1. The molecule has 0 fully saturated rings. The molecule has 0 aliphatic rings. The molecule has 1 amide bonds. The van der Waals surface area contributed by atoms with Crippen LogP contribution in [-0.4, -0.2) is 47.9 Å². The van der Waals surface area contributed by atoms with E-state index in [4.69, 9.17) is 11.6 Å². The molecule has 0 aliphatic heterocycles. The molecule has 0 radical (unpaired) electrons. The Kier molecular flexibility index (Phi) is 6.05. The maximum atomic E-state index is 13.0. The van der Waals surface area contributed by atoms with Gasteiger partial charge in [-0.15, -0.1) is 0 Å². The first-order chi connectivity index (χ1) is 12.8.